The number of hydrogen-bond donors (Lipinski definition) is 8. The van der Waals surface area contributed by atoms with Crippen LogP contribution in [0.15, 0.2) is 4.99 Å². The lowest BCUT2D eigenvalue weighted by atomic mass is 9.96. The van der Waals surface area contributed by atoms with Crippen LogP contribution in [0.1, 0.15) is 59.8 Å². The number of carboxylic acids is 1. The van der Waals surface area contributed by atoms with Crippen LogP contribution in [0.3, 0.4) is 0 Å². The Labute approximate surface area is 211 Å². The van der Waals surface area contributed by atoms with Crippen molar-refractivity contribution in [2.24, 2.45) is 39.8 Å². The number of carbonyl (C=O) groups is 5. The van der Waals surface area contributed by atoms with Gasteiger partial charge < -0.3 is 44.0 Å². The molecule has 0 aliphatic heterocycles. The third kappa shape index (κ3) is 11.8. The smallest absolute Gasteiger partial charge is 0.326 e. The Morgan fingerprint density at radius 2 is 1.36 bits per heavy atom. The summed E-state index contributed by atoms with van der Waals surface area (Å²) in [5.41, 5.74) is 21.7. The zero-order valence-corrected chi connectivity index (χ0v) is 21.5. The molecule has 0 saturated heterocycles. The molecule has 0 radical (unpaired) electrons. The van der Waals surface area contributed by atoms with E-state index in [2.05, 4.69) is 20.9 Å². The predicted molar refractivity (Wildman–Crippen MR) is 134 cm³/mol. The Balaban J connectivity index is 5.51. The summed E-state index contributed by atoms with van der Waals surface area (Å²) in [5, 5.41) is 16.8. The van der Waals surface area contributed by atoms with Crippen LogP contribution >= 0.6 is 0 Å². The number of aliphatic carboxylic acids is 1. The summed E-state index contributed by atoms with van der Waals surface area (Å²) in [6.07, 6.45) is 1.11. The third-order valence-electron chi connectivity index (χ3n) is 5.91. The van der Waals surface area contributed by atoms with Crippen molar-refractivity contribution in [2.75, 3.05) is 6.54 Å². The van der Waals surface area contributed by atoms with Crippen molar-refractivity contribution in [1.82, 2.24) is 16.0 Å². The van der Waals surface area contributed by atoms with Crippen molar-refractivity contribution in [1.29, 1.82) is 0 Å². The molecule has 14 heteroatoms. The highest BCUT2D eigenvalue weighted by molar-refractivity contribution is 5.96. The van der Waals surface area contributed by atoms with Crippen molar-refractivity contribution < 1.29 is 29.1 Å². The van der Waals surface area contributed by atoms with E-state index in [0.29, 0.717) is 19.3 Å². The van der Waals surface area contributed by atoms with E-state index in [0.717, 1.165) is 0 Å². The maximum Gasteiger partial charge on any atom is 0.326 e. The highest BCUT2D eigenvalue weighted by Crippen LogP contribution is 2.11. The first-order chi connectivity index (χ1) is 16.7. The zero-order valence-electron chi connectivity index (χ0n) is 21.5. The number of nitrogens with two attached hydrogens (primary N) is 4. The highest BCUT2D eigenvalue weighted by atomic mass is 16.4. The van der Waals surface area contributed by atoms with E-state index in [4.69, 9.17) is 22.9 Å². The fourth-order valence-corrected chi connectivity index (χ4v) is 3.22. The van der Waals surface area contributed by atoms with E-state index in [1.165, 1.54) is 0 Å². The molecule has 0 spiro atoms. The summed E-state index contributed by atoms with van der Waals surface area (Å²) in [4.78, 5) is 65.5. The minimum Gasteiger partial charge on any atom is -0.480 e. The molecule has 36 heavy (non-hydrogen) atoms. The van der Waals surface area contributed by atoms with Gasteiger partial charge in [-0.2, -0.15) is 0 Å². The molecule has 0 fully saturated rings. The second kappa shape index (κ2) is 16.3. The summed E-state index contributed by atoms with van der Waals surface area (Å²) in [6, 6.07) is -4.66. The highest BCUT2D eigenvalue weighted by Gasteiger charge is 2.34. The Morgan fingerprint density at radius 1 is 0.833 bits per heavy atom. The van der Waals surface area contributed by atoms with E-state index < -0.39 is 66.1 Å². The van der Waals surface area contributed by atoms with E-state index in [1.807, 2.05) is 6.92 Å². The number of nitrogens with one attached hydrogen (secondary N) is 3. The van der Waals surface area contributed by atoms with Crippen molar-refractivity contribution in [2.45, 2.75) is 84.0 Å². The SMILES string of the molecule is CCC(C)C(NC(=O)C(CC(N)=O)NC(=O)C(NC(=O)C(N)CCCN=C(N)N)C(C)CC)C(=O)O. The standard InChI is InChI=1S/C22H42N8O6/c1-5-11(3)16(29-18(32)13(23)8-7-9-27-22(25)26)20(34)28-14(10-15(24)31)19(33)30-17(21(35)36)12(4)6-2/h11-14,16-17H,5-10,23H2,1-4H3,(H2,24,31)(H,28,34)(H,29,32)(H,30,33)(H,35,36)(H4,25,26,27). The molecular weight excluding hydrogens is 472 g/mol. The van der Waals surface area contributed by atoms with Crippen LogP contribution in [0.25, 0.3) is 0 Å². The van der Waals surface area contributed by atoms with E-state index >= 15 is 0 Å². The number of carboxylic acid groups (broad SMARTS) is 1. The van der Waals surface area contributed by atoms with E-state index in [1.54, 1.807) is 20.8 Å². The molecular formula is C22H42N8O6. The number of nitrogens with zero attached hydrogens (tertiary/aromatic N) is 1. The lowest BCUT2D eigenvalue weighted by Gasteiger charge is -2.28. The van der Waals surface area contributed by atoms with Gasteiger partial charge in [-0.15, -0.1) is 0 Å². The van der Waals surface area contributed by atoms with Crippen LogP contribution in [0.5, 0.6) is 0 Å². The van der Waals surface area contributed by atoms with Crippen molar-refractivity contribution in [3.8, 4) is 0 Å². The van der Waals surface area contributed by atoms with Gasteiger partial charge in [0.2, 0.25) is 23.6 Å². The molecule has 6 atom stereocenters. The van der Waals surface area contributed by atoms with E-state index in [9.17, 15) is 29.1 Å². The first-order valence-corrected chi connectivity index (χ1v) is 12.0. The van der Waals surface area contributed by atoms with Gasteiger partial charge in [0.1, 0.15) is 18.1 Å². The molecule has 0 heterocycles. The monoisotopic (exact) mass is 514 g/mol. The van der Waals surface area contributed by atoms with Gasteiger partial charge in [-0.05, 0) is 24.7 Å². The van der Waals surface area contributed by atoms with Crippen molar-refractivity contribution in [3.63, 3.8) is 0 Å². The molecule has 6 unspecified atom stereocenters. The third-order valence-corrected chi connectivity index (χ3v) is 5.91. The minimum absolute atomic E-state index is 0.0742. The molecule has 0 aliphatic carbocycles. The quantitative estimate of drug-likeness (QED) is 0.0598. The Bertz CT molecular complexity index is 801. The number of guanidine groups is 1. The summed E-state index contributed by atoms with van der Waals surface area (Å²) >= 11 is 0. The average molecular weight is 515 g/mol. The van der Waals surface area contributed by atoms with Crippen molar-refractivity contribution >= 4 is 35.6 Å². The number of rotatable bonds is 17. The maximum atomic E-state index is 13.1. The Hall–Kier alpha value is -3.42. The number of amides is 4. The van der Waals surface area contributed by atoms with Gasteiger partial charge in [-0.3, -0.25) is 24.2 Å². The van der Waals surface area contributed by atoms with Crippen LogP contribution in [0.2, 0.25) is 0 Å². The molecule has 0 aromatic carbocycles. The number of primary amides is 1. The number of aliphatic imine (C=N–C) groups is 1. The molecule has 0 aliphatic rings. The Morgan fingerprint density at radius 3 is 1.83 bits per heavy atom. The van der Waals surface area contributed by atoms with Gasteiger partial charge in [0.05, 0.1) is 12.5 Å². The van der Waals surface area contributed by atoms with Crippen LogP contribution in [0.4, 0.5) is 0 Å². The molecule has 14 nitrogen and oxygen atoms in total. The molecule has 4 amide bonds. The van der Waals surface area contributed by atoms with Gasteiger partial charge in [0.25, 0.3) is 0 Å². The molecule has 0 bridgehead atoms. The molecule has 0 rings (SSSR count). The predicted octanol–water partition coefficient (Wildman–Crippen LogP) is -2.13. The first-order valence-electron chi connectivity index (χ1n) is 12.0. The normalized spacial score (nSPS) is 15.8. The molecule has 12 N–H and O–H groups in total. The lowest BCUT2D eigenvalue weighted by molar-refractivity contribution is -0.144. The zero-order chi connectivity index (χ0) is 28.0. The van der Waals surface area contributed by atoms with Crippen LogP contribution in [0, 0.1) is 11.8 Å². The Kier molecular flexibility index (Phi) is 14.7. The largest absolute Gasteiger partial charge is 0.480 e. The van der Waals surface area contributed by atoms with E-state index in [-0.39, 0.29) is 24.8 Å². The van der Waals surface area contributed by atoms with Gasteiger partial charge in [-0.25, -0.2) is 4.79 Å². The number of hydrogen-bond acceptors (Lipinski definition) is 7. The number of carbonyl (C=O) groups excluding carboxylic acids is 4. The summed E-state index contributed by atoms with van der Waals surface area (Å²) < 4.78 is 0. The van der Waals surface area contributed by atoms with Gasteiger partial charge in [-0.1, -0.05) is 40.5 Å². The second-order valence-electron chi connectivity index (χ2n) is 8.87. The lowest BCUT2D eigenvalue weighted by Crippen LogP contribution is -2.59. The minimum atomic E-state index is -1.43. The van der Waals surface area contributed by atoms with Gasteiger partial charge in [0, 0.05) is 6.54 Å². The van der Waals surface area contributed by atoms with Gasteiger partial charge >= 0.3 is 5.97 Å². The summed E-state index contributed by atoms with van der Waals surface area (Å²) in [5.74, 6) is -5.15. The molecule has 0 aromatic heterocycles. The van der Waals surface area contributed by atoms with Gasteiger partial charge in [0.15, 0.2) is 5.96 Å². The van der Waals surface area contributed by atoms with Crippen molar-refractivity contribution in [3.05, 3.63) is 0 Å². The average Bonchev–Trinajstić information content (AvgIpc) is 2.80. The molecule has 0 aromatic rings. The van der Waals surface area contributed by atoms with Crippen LogP contribution in [-0.4, -0.2) is 71.4 Å². The summed E-state index contributed by atoms with van der Waals surface area (Å²) in [7, 11) is 0. The summed E-state index contributed by atoms with van der Waals surface area (Å²) in [6.45, 7) is 7.23. The van der Waals surface area contributed by atoms with Crippen LogP contribution in [-0.2, 0) is 24.0 Å². The fourth-order valence-electron chi connectivity index (χ4n) is 3.22. The molecule has 206 valence electrons. The second-order valence-corrected chi connectivity index (χ2v) is 8.87. The van der Waals surface area contributed by atoms with Crippen LogP contribution < -0.4 is 38.9 Å². The maximum absolute atomic E-state index is 13.1. The topological polar surface area (TPSA) is 258 Å². The first kappa shape index (κ1) is 32.6. The molecule has 0 saturated carbocycles. The fraction of sp³-hybridized carbons (Fsp3) is 0.727.